The minimum absolute atomic E-state index is 0.0266. The molecule has 3 rings (SSSR count). The van der Waals surface area contributed by atoms with Gasteiger partial charge in [0.1, 0.15) is 0 Å². The van der Waals surface area contributed by atoms with Crippen LogP contribution in [0.25, 0.3) is 0 Å². The SMILES string of the molecule is CC(C)N1CCCC1C(=O)Nc1ccccc1N1CCC(O)CC1. The zero-order chi connectivity index (χ0) is 17.1. The Morgan fingerprint density at radius 3 is 2.58 bits per heavy atom. The first-order chi connectivity index (χ1) is 11.6. The molecule has 0 spiro atoms. The summed E-state index contributed by atoms with van der Waals surface area (Å²) in [5.41, 5.74) is 1.95. The van der Waals surface area contributed by atoms with Gasteiger partial charge in [0.2, 0.25) is 5.91 Å². The molecule has 1 atom stereocenters. The van der Waals surface area contributed by atoms with Crippen LogP contribution in [0.5, 0.6) is 0 Å². The molecule has 1 unspecified atom stereocenters. The number of piperidine rings is 1. The lowest BCUT2D eigenvalue weighted by Gasteiger charge is -2.33. The predicted molar refractivity (Wildman–Crippen MR) is 97.4 cm³/mol. The molecule has 0 aromatic heterocycles. The van der Waals surface area contributed by atoms with Crippen molar-refractivity contribution in [1.82, 2.24) is 4.90 Å². The molecule has 24 heavy (non-hydrogen) atoms. The Balaban J connectivity index is 1.72. The molecule has 5 nitrogen and oxygen atoms in total. The second-order valence-electron chi connectivity index (χ2n) is 7.21. The van der Waals surface area contributed by atoms with Crippen LogP contribution < -0.4 is 10.2 Å². The topological polar surface area (TPSA) is 55.8 Å². The fourth-order valence-electron chi connectivity index (χ4n) is 3.87. The number of anilines is 2. The van der Waals surface area contributed by atoms with Crippen LogP contribution >= 0.6 is 0 Å². The number of benzene rings is 1. The van der Waals surface area contributed by atoms with E-state index in [-0.39, 0.29) is 18.1 Å². The number of nitrogens with zero attached hydrogens (tertiary/aromatic N) is 2. The van der Waals surface area contributed by atoms with E-state index in [1.807, 2.05) is 18.2 Å². The van der Waals surface area contributed by atoms with Crippen molar-refractivity contribution < 1.29 is 9.90 Å². The number of likely N-dealkylation sites (tertiary alicyclic amines) is 1. The van der Waals surface area contributed by atoms with Gasteiger partial charge >= 0.3 is 0 Å². The number of hydrogen-bond acceptors (Lipinski definition) is 4. The highest BCUT2D eigenvalue weighted by Crippen LogP contribution is 2.29. The molecular formula is C19H29N3O2. The predicted octanol–water partition coefficient (Wildman–Crippen LogP) is 2.46. The largest absolute Gasteiger partial charge is 0.393 e. The average Bonchev–Trinajstić information content (AvgIpc) is 3.06. The standard InChI is InChI=1S/C19H29N3O2/c1-14(2)22-11-5-8-18(22)19(24)20-16-6-3-4-7-17(16)21-12-9-15(23)10-13-21/h3-4,6-7,14-15,18,23H,5,8-13H2,1-2H3,(H,20,24). The lowest BCUT2D eigenvalue weighted by Crippen LogP contribution is -2.43. The zero-order valence-corrected chi connectivity index (χ0v) is 14.7. The molecule has 0 radical (unpaired) electrons. The number of rotatable bonds is 4. The molecule has 5 heteroatoms. The maximum Gasteiger partial charge on any atom is 0.241 e. The third kappa shape index (κ3) is 3.73. The molecule has 0 bridgehead atoms. The molecular weight excluding hydrogens is 302 g/mol. The first-order valence-corrected chi connectivity index (χ1v) is 9.15. The highest BCUT2D eigenvalue weighted by Gasteiger charge is 2.32. The number of nitrogens with one attached hydrogen (secondary N) is 1. The van der Waals surface area contributed by atoms with E-state index in [2.05, 4.69) is 35.0 Å². The lowest BCUT2D eigenvalue weighted by molar-refractivity contribution is -0.120. The van der Waals surface area contributed by atoms with Gasteiger partial charge in [0, 0.05) is 19.1 Å². The second kappa shape index (κ2) is 7.53. The summed E-state index contributed by atoms with van der Waals surface area (Å²) in [6.45, 7) is 6.96. The number of carbonyl (C=O) groups is 1. The quantitative estimate of drug-likeness (QED) is 0.890. The Morgan fingerprint density at radius 1 is 1.17 bits per heavy atom. The number of para-hydroxylation sites is 2. The van der Waals surface area contributed by atoms with Crippen LogP contribution in [-0.2, 0) is 4.79 Å². The van der Waals surface area contributed by atoms with Crippen LogP contribution in [0.4, 0.5) is 11.4 Å². The molecule has 1 amide bonds. The monoisotopic (exact) mass is 331 g/mol. The first-order valence-electron chi connectivity index (χ1n) is 9.15. The van der Waals surface area contributed by atoms with Crippen LogP contribution in [0.3, 0.4) is 0 Å². The van der Waals surface area contributed by atoms with Crippen LogP contribution in [-0.4, -0.2) is 53.7 Å². The van der Waals surface area contributed by atoms with Gasteiger partial charge in [-0.2, -0.15) is 0 Å². The van der Waals surface area contributed by atoms with E-state index in [0.717, 1.165) is 56.7 Å². The summed E-state index contributed by atoms with van der Waals surface area (Å²) in [5.74, 6) is 0.102. The third-order valence-corrected chi connectivity index (χ3v) is 5.23. The van der Waals surface area contributed by atoms with Crippen molar-refractivity contribution in [3.63, 3.8) is 0 Å². The van der Waals surface area contributed by atoms with Crippen molar-refractivity contribution in [2.75, 3.05) is 29.9 Å². The molecule has 132 valence electrons. The van der Waals surface area contributed by atoms with E-state index in [1.165, 1.54) is 0 Å². The molecule has 2 heterocycles. The van der Waals surface area contributed by atoms with Gasteiger partial charge in [0.25, 0.3) is 0 Å². The number of amides is 1. The lowest BCUT2D eigenvalue weighted by atomic mass is 10.1. The second-order valence-corrected chi connectivity index (χ2v) is 7.21. The van der Waals surface area contributed by atoms with Crippen LogP contribution in [0, 0.1) is 0 Å². The van der Waals surface area contributed by atoms with Gasteiger partial charge in [0.05, 0.1) is 23.5 Å². The minimum Gasteiger partial charge on any atom is -0.393 e. The highest BCUT2D eigenvalue weighted by molar-refractivity contribution is 5.98. The Morgan fingerprint density at radius 2 is 1.88 bits per heavy atom. The summed E-state index contributed by atoms with van der Waals surface area (Å²) in [6, 6.07) is 8.37. The van der Waals surface area contributed by atoms with Gasteiger partial charge in [-0.1, -0.05) is 12.1 Å². The Hall–Kier alpha value is -1.59. The summed E-state index contributed by atoms with van der Waals surface area (Å²) < 4.78 is 0. The Bertz CT molecular complexity index is 567. The number of carbonyl (C=O) groups excluding carboxylic acids is 1. The van der Waals surface area contributed by atoms with E-state index in [0.29, 0.717) is 6.04 Å². The van der Waals surface area contributed by atoms with E-state index in [1.54, 1.807) is 0 Å². The van der Waals surface area contributed by atoms with E-state index in [4.69, 9.17) is 0 Å². The van der Waals surface area contributed by atoms with Gasteiger partial charge in [0.15, 0.2) is 0 Å². The maximum atomic E-state index is 12.8. The molecule has 1 aromatic carbocycles. The summed E-state index contributed by atoms with van der Waals surface area (Å²) in [4.78, 5) is 17.4. The average molecular weight is 331 g/mol. The van der Waals surface area contributed by atoms with E-state index >= 15 is 0 Å². The minimum atomic E-state index is -0.193. The van der Waals surface area contributed by atoms with Gasteiger partial charge in [-0.05, 0) is 58.2 Å². The number of aliphatic hydroxyl groups excluding tert-OH is 1. The molecule has 2 fully saturated rings. The van der Waals surface area contributed by atoms with Gasteiger partial charge in [-0.25, -0.2) is 0 Å². The summed E-state index contributed by atoms with van der Waals surface area (Å²) in [5, 5.41) is 12.9. The van der Waals surface area contributed by atoms with Gasteiger partial charge < -0.3 is 15.3 Å². The fourth-order valence-corrected chi connectivity index (χ4v) is 3.87. The van der Waals surface area contributed by atoms with Gasteiger partial charge in [-0.3, -0.25) is 9.69 Å². The molecule has 0 aliphatic carbocycles. The van der Waals surface area contributed by atoms with Crippen molar-refractivity contribution in [3.8, 4) is 0 Å². The van der Waals surface area contributed by atoms with Crippen LogP contribution in [0.1, 0.15) is 39.5 Å². The molecule has 2 N–H and O–H groups in total. The third-order valence-electron chi connectivity index (χ3n) is 5.23. The van der Waals surface area contributed by atoms with Crippen LogP contribution in [0.15, 0.2) is 24.3 Å². The van der Waals surface area contributed by atoms with E-state index < -0.39 is 0 Å². The summed E-state index contributed by atoms with van der Waals surface area (Å²) in [6.07, 6.45) is 3.39. The molecule has 2 aliphatic heterocycles. The van der Waals surface area contributed by atoms with Gasteiger partial charge in [-0.15, -0.1) is 0 Å². The van der Waals surface area contributed by atoms with Crippen molar-refractivity contribution >= 4 is 17.3 Å². The Kier molecular flexibility index (Phi) is 5.41. The van der Waals surface area contributed by atoms with Crippen LogP contribution in [0.2, 0.25) is 0 Å². The summed E-state index contributed by atoms with van der Waals surface area (Å²) >= 11 is 0. The zero-order valence-electron chi connectivity index (χ0n) is 14.7. The smallest absolute Gasteiger partial charge is 0.241 e. The van der Waals surface area contributed by atoms with Crippen molar-refractivity contribution in [2.45, 2.75) is 57.7 Å². The molecule has 0 saturated carbocycles. The van der Waals surface area contributed by atoms with Crippen molar-refractivity contribution in [3.05, 3.63) is 24.3 Å². The molecule has 1 aromatic rings. The first kappa shape index (κ1) is 17.2. The fraction of sp³-hybridized carbons (Fsp3) is 0.632. The normalized spacial score (nSPS) is 23.0. The van der Waals surface area contributed by atoms with E-state index in [9.17, 15) is 9.90 Å². The Labute approximate surface area is 144 Å². The molecule has 2 saturated heterocycles. The number of aliphatic hydroxyl groups is 1. The van der Waals surface area contributed by atoms with Crippen molar-refractivity contribution in [1.29, 1.82) is 0 Å². The maximum absolute atomic E-state index is 12.8. The van der Waals surface area contributed by atoms with Crippen molar-refractivity contribution in [2.24, 2.45) is 0 Å². The summed E-state index contributed by atoms with van der Waals surface area (Å²) in [7, 11) is 0. The number of hydrogen-bond donors (Lipinski definition) is 2. The highest BCUT2D eigenvalue weighted by atomic mass is 16.3. The molecule has 2 aliphatic rings.